The van der Waals surface area contributed by atoms with Crippen LogP contribution in [0.2, 0.25) is 0 Å². The molecule has 0 saturated heterocycles. The number of benzene rings is 8. The maximum Gasteiger partial charge on any atom is 0.297 e. The van der Waals surface area contributed by atoms with E-state index >= 15 is 0 Å². The van der Waals surface area contributed by atoms with Crippen LogP contribution in [0.1, 0.15) is 5.56 Å². The lowest BCUT2D eigenvalue weighted by molar-refractivity contribution is 0.651. The standard InChI is InChI=1S/C51H27BN4OS/c53-28-29-25-41-47-42(26-29)56-39-19-8-15-33-32-13-4-6-17-37(32)54(48(33)39)40-20-9-16-36(50(40)56)52(47)51-49(35-27-31(23-24-43(35)57-51)30-11-2-1-3-12-30)55(41)38-18-10-22-45-46(38)34-14-5-7-21-44(34)58-45/h1-27H. The number of hydrogen-bond donors (Lipinski definition) is 0. The molecule has 7 heteroatoms. The summed E-state index contributed by atoms with van der Waals surface area (Å²) in [4.78, 5) is 4.85. The molecule has 0 radical (unpaired) electrons. The van der Waals surface area contributed by atoms with Gasteiger partial charge in [0.15, 0.2) is 0 Å². The quantitative estimate of drug-likeness (QED) is 0.165. The molecule has 58 heavy (non-hydrogen) atoms. The van der Waals surface area contributed by atoms with Gasteiger partial charge < -0.3 is 18.8 Å². The fraction of sp³-hybridized carbons (Fsp3) is 0. The molecule has 5 nitrogen and oxygen atoms in total. The average Bonchev–Trinajstić information content (AvgIpc) is 3.96. The molecular weight excluding hydrogens is 727 g/mol. The predicted octanol–water partition coefficient (Wildman–Crippen LogP) is 11.8. The molecule has 3 aromatic heterocycles. The molecule has 0 saturated carbocycles. The molecule has 6 heterocycles. The number of rotatable bonds is 2. The highest BCUT2D eigenvalue weighted by atomic mass is 32.1. The molecule has 3 aliphatic rings. The molecule has 0 unspecified atom stereocenters. The molecule has 0 amide bonds. The number of furan rings is 1. The number of anilines is 6. The summed E-state index contributed by atoms with van der Waals surface area (Å²) in [5.41, 5.74) is 16.7. The minimum atomic E-state index is -0.233. The van der Waals surface area contributed by atoms with Gasteiger partial charge in [0.2, 0.25) is 0 Å². The van der Waals surface area contributed by atoms with Crippen molar-refractivity contribution in [1.29, 1.82) is 5.26 Å². The smallest absolute Gasteiger partial charge is 0.297 e. The van der Waals surface area contributed by atoms with Gasteiger partial charge in [0.05, 0.1) is 56.8 Å². The first-order chi connectivity index (χ1) is 28.7. The summed E-state index contributed by atoms with van der Waals surface area (Å²) in [6.07, 6.45) is 0. The summed E-state index contributed by atoms with van der Waals surface area (Å²) in [7, 11) is 0. The van der Waals surface area contributed by atoms with Crippen molar-refractivity contribution in [2.75, 3.05) is 9.80 Å². The van der Waals surface area contributed by atoms with Crippen LogP contribution in [0.25, 0.3) is 69.8 Å². The number of para-hydroxylation sites is 3. The van der Waals surface area contributed by atoms with Gasteiger partial charge in [0, 0.05) is 47.7 Å². The fourth-order valence-electron chi connectivity index (χ4n) is 10.4. The maximum absolute atomic E-state index is 10.9. The summed E-state index contributed by atoms with van der Waals surface area (Å²) >= 11 is 1.82. The van der Waals surface area contributed by atoms with Gasteiger partial charge in [-0.15, -0.1) is 11.3 Å². The van der Waals surface area contributed by atoms with Crippen molar-refractivity contribution in [2.45, 2.75) is 0 Å². The largest absolute Gasteiger partial charge is 0.468 e. The van der Waals surface area contributed by atoms with E-state index in [-0.39, 0.29) is 6.71 Å². The second-order valence-electron chi connectivity index (χ2n) is 15.5. The summed E-state index contributed by atoms with van der Waals surface area (Å²) in [6.45, 7) is -0.233. The zero-order valence-corrected chi connectivity index (χ0v) is 31.6. The summed E-state index contributed by atoms with van der Waals surface area (Å²) in [5, 5.41) is 16.8. The summed E-state index contributed by atoms with van der Waals surface area (Å²) in [5.74, 6) is 0. The topological polar surface area (TPSA) is 48.3 Å². The lowest BCUT2D eigenvalue weighted by Crippen LogP contribution is -2.61. The Morgan fingerprint density at radius 1 is 0.534 bits per heavy atom. The highest BCUT2D eigenvalue weighted by molar-refractivity contribution is 7.26. The van der Waals surface area contributed by atoms with Crippen LogP contribution in [0.3, 0.4) is 0 Å². The molecule has 0 bridgehead atoms. The Kier molecular flexibility index (Phi) is 5.74. The number of nitrogens with zero attached hydrogens (tertiary/aromatic N) is 4. The molecule has 0 atom stereocenters. The first kappa shape index (κ1) is 30.7. The molecule has 14 rings (SSSR count). The van der Waals surface area contributed by atoms with Gasteiger partial charge in [0.25, 0.3) is 6.71 Å². The third-order valence-corrected chi connectivity index (χ3v) is 13.8. The average molecular weight is 755 g/mol. The monoisotopic (exact) mass is 754 g/mol. The van der Waals surface area contributed by atoms with Gasteiger partial charge in [-0.1, -0.05) is 103 Å². The summed E-state index contributed by atoms with van der Waals surface area (Å²) < 4.78 is 12.2. The van der Waals surface area contributed by atoms with E-state index in [1.807, 2.05) is 11.3 Å². The number of hydrogen-bond acceptors (Lipinski definition) is 5. The van der Waals surface area contributed by atoms with E-state index in [2.05, 4.69) is 184 Å². The minimum absolute atomic E-state index is 0.233. The van der Waals surface area contributed by atoms with Crippen LogP contribution in [0.15, 0.2) is 168 Å². The van der Waals surface area contributed by atoms with Gasteiger partial charge in [-0.2, -0.15) is 5.26 Å². The van der Waals surface area contributed by atoms with E-state index in [4.69, 9.17) is 4.42 Å². The molecule has 0 spiro atoms. The molecule has 0 N–H and O–H groups in total. The van der Waals surface area contributed by atoms with E-state index in [9.17, 15) is 5.26 Å². The first-order valence-electron chi connectivity index (χ1n) is 19.6. The van der Waals surface area contributed by atoms with Crippen LogP contribution < -0.4 is 26.4 Å². The number of nitriles is 1. The van der Waals surface area contributed by atoms with Crippen LogP contribution in [0.4, 0.5) is 34.1 Å². The number of fused-ring (bicyclic) bond motifs is 14. The molecule has 3 aliphatic heterocycles. The second kappa shape index (κ2) is 10.9. The molecule has 0 fully saturated rings. The van der Waals surface area contributed by atoms with Crippen molar-refractivity contribution in [3.8, 4) is 22.9 Å². The van der Waals surface area contributed by atoms with Crippen molar-refractivity contribution in [3.63, 3.8) is 0 Å². The van der Waals surface area contributed by atoms with Crippen molar-refractivity contribution in [1.82, 2.24) is 4.57 Å². The number of thiophene rings is 1. The zero-order valence-electron chi connectivity index (χ0n) is 30.8. The van der Waals surface area contributed by atoms with Crippen LogP contribution in [-0.2, 0) is 0 Å². The van der Waals surface area contributed by atoms with E-state index < -0.39 is 0 Å². The Balaban J connectivity index is 1.16. The van der Waals surface area contributed by atoms with Crippen LogP contribution in [0.5, 0.6) is 0 Å². The van der Waals surface area contributed by atoms with Crippen molar-refractivity contribution in [3.05, 3.63) is 169 Å². The van der Waals surface area contributed by atoms with Crippen molar-refractivity contribution >= 4 is 122 Å². The van der Waals surface area contributed by atoms with Crippen molar-refractivity contribution < 1.29 is 4.42 Å². The Hall–Kier alpha value is -7.53. The SMILES string of the molecule is N#Cc1cc2c3c(c1)N1c4c(cccc4-n4c5ccccc5c5cccc1c54)B3c1oc3ccc(-c4ccccc4)cc3c1N2c1cccc2sc3ccccc3c12. The molecule has 8 aromatic carbocycles. The lowest BCUT2D eigenvalue weighted by Gasteiger charge is -2.44. The van der Waals surface area contributed by atoms with E-state index in [1.54, 1.807) is 0 Å². The Morgan fingerprint density at radius 2 is 1.24 bits per heavy atom. The Morgan fingerprint density at radius 3 is 2.12 bits per heavy atom. The first-order valence-corrected chi connectivity index (χ1v) is 20.4. The third-order valence-electron chi connectivity index (χ3n) is 12.7. The van der Waals surface area contributed by atoms with Gasteiger partial charge in [-0.25, -0.2) is 0 Å². The lowest BCUT2D eigenvalue weighted by atomic mass is 9.35. The van der Waals surface area contributed by atoms with E-state index in [0.29, 0.717) is 5.56 Å². The Labute approximate surface area is 336 Å². The van der Waals surface area contributed by atoms with Crippen LogP contribution in [-0.4, -0.2) is 11.3 Å². The predicted molar refractivity (Wildman–Crippen MR) is 241 cm³/mol. The van der Waals surface area contributed by atoms with Gasteiger partial charge in [0.1, 0.15) is 5.58 Å². The van der Waals surface area contributed by atoms with Crippen LogP contribution >= 0.6 is 11.3 Å². The van der Waals surface area contributed by atoms with E-state index in [1.165, 1.54) is 47.4 Å². The summed E-state index contributed by atoms with van der Waals surface area (Å²) in [6, 6.07) is 61.4. The van der Waals surface area contributed by atoms with Gasteiger partial charge >= 0.3 is 0 Å². The highest BCUT2D eigenvalue weighted by Gasteiger charge is 2.49. The normalized spacial score (nSPS) is 13.4. The second-order valence-corrected chi connectivity index (χ2v) is 16.6. The minimum Gasteiger partial charge on any atom is -0.468 e. The third kappa shape index (κ3) is 3.72. The van der Waals surface area contributed by atoms with Crippen LogP contribution in [0, 0.1) is 11.3 Å². The zero-order chi connectivity index (χ0) is 37.8. The maximum atomic E-state index is 10.9. The molecule has 11 aromatic rings. The molecule has 266 valence electrons. The van der Waals surface area contributed by atoms with Gasteiger partial charge in [-0.3, -0.25) is 0 Å². The fourth-order valence-corrected chi connectivity index (χ4v) is 11.6. The highest BCUT2D eigenvalue weighted by Crippen LogP contribution is 2.54. The Bertz CT molecular complexity index is 3680. The van der Waals surface area contributed by atoms with E-state index in [0.717, 1.165) is 73.0 Å². The molecular formula is C51H27BN4OS. The van der Waals surface area contributed by atoms with Gasteiger partial charge in [-0.05, 0) is 82.7 Å². The number of aromatic nitrogens is 1. The van der Waals surface area contributed by atoms with Crippen molar-refractivity contribution in [2.24, 2.45) is 0 Å². The molecule has 0 aliphatic carbocycles.